The lowest BCUT2D eigenvalue weighted by Crippen LogP contribution is -2.46. The number of anilines is 1. The van der Waals surface area contributed by atoms with Crippen molar-refractivity contribution in [2.75, 3.05) is 18.5 Å². The van der Waals surface area contributed by atoms with E-state index in [2.05, 4.69) is 5.32 Å². The summed E-state index contributed by atoms with van der Waals surface area (Å²) in [6.45, 7) is -1.58. The molecule has 3 amide bonds. The summed E-state index contributed by atoms with van der Waals surface area (Å²) in [7, 11) is 1.58. The second kappa shape index (κ2) is 9.61. The first-order chi connectivity index (χ1) is 16.7. The molecule has 1 aliphatic rings. The number of nitrogens with one attached hydrogen (secondary N) is 2. The minimum absolute atomic E-state index is 0.204. The average Bonchev–Trinajstić information content (AvgIpc) is 2.93. The van der Waals surface area contributed by atoms with Gasteiger partial charge in [-0.15, -0.1) is 0 Å². The van der Waals surface area contributed by atoms with Crippen LogP contribution in [0.4, 0.5) is 18.9 Å². The maximum absolute atomic E-state index is 13.5. The van der Waals surface area contributed by atoms with Gasteiger partial charge in [0.2, 0.25) is 11.8 Å². The van der Waals surface area contributed by atoms with Crippen molar-refractivity contribution in [1.29, 1.82) is 0 Å². The first kappa shape index (κ1) is 24.0. The number of nitrogens with zero attached hydrogens (tertiary/aromatic N) is 1. The molecule has 9 heteroatoms. The van der Waals surface area contributed by atoms with Gasteiger partial charge in [0.15, 0.2) is 0 Å². The number of alkyl halides is 3. The SMILES string of the molecule is CN1C(=O)[C@@H](NC(=O)[C@H](C(=O)NCC(F)(F)F)c2ccccc2)c2ccccc2-c2ccccc21. The van der Waals surface area contributed by atoms with Crippen LogP contribution in [0.5, 0.6) is 0 Å². The molecule has 0 aromatic heterocycles. The molecule has 0 fully saturated rings. The minimum Gasteiger partial charge on any atom is -0.346 e. The first-order valence-corrected chi connectivity index (χ1v) is 10.8. The second-order valence-corrected chi connectivity index (χ2v) is 8.12. The van der Waals surface area contributed by atoms with E-state index >= 15 is 0 Å². The van der Waals surface area contributed by atoms with Gasteiger partial charge < -0.3 is 15.5 Å². The molecule has 0 saturated carbocycles. The summed E-state index contributed by atoms with van der Waals surface area (Å²) in [6, 6.07) is 20.9. The third-order valence-corrected chi connectivity index (χ3v) is 5.81. The molecule has 0 bridgehead atoms. The highest BCUT2D eigenvalue weighted by molar-refractivity contribution is 6.10. The molecule has 6 nitrogen and oxygen atoms in total. The number of rotatable bonds is 5. The van der Waals surface area contributed by atoms with E-state index in [1.54, 1.807) is 54.8 Å². The van der Waals surface area contributed by atoms with E-state index in [1.807, 2.05) is 24.3 Å². The van der Waals surface area contributed by atoms with Crippen molar-refractivity contribution in [1.82, 2.24) is 10.6 Å². The minimum atomic E-state index is -4.64. The van der Waals surface area contributed by atoms with Gasteiger partial charge in [-0.2, -0.15) is 13.2 Å². The number of carbonyl (C=O) groups excluding carboxylic acids is 3. The Balaban J connectivity index is 1.71. The van der Waals surface area contributed by atoms with Crippen LogP contribution in [0.15, 0.2) is 78.9 Å². The van der Waals surface area contributed by atoms with Crippen molar-refractivity contribution in [3.63, 3.8) is 0 Å². The Morgan fingerprint density at radius 1 is 0.886 bits per heavy atom. The number of amides is 3. The van der Waals surface area contributed by atoms with Crippen molar-refractivity contribution >= 4 is 23.4 Å². The average molecular weight is 481 g/mol. The molecule has 4 rings (SSSR count). The lowest BCUT2D eigenvalue weighted by Gasteiger charge is -2.25. The van der Waals surface area contributed by atoms with Crippen LogP contribution in [0.2, 0.25) is 0 Å². The highest BCUT2D eigenvalue weighted by Gasteiger charge is 2.38. The van der Waals surface area contributed by atoms with Crippen LogP contribution in [-0.2, 0) is 14.4 Å². The van der Waals surface area contributed by atoms with Gasteiger partial charge in [0.05, 0.1) is 5.69 Å². The molecule has 180 valence electrons. The fourth-order valence-electron chi connectivity index (χ4n) is 4.16. The topological polar surface area (TPSA) is 78.5 Å². The number of carbonyl (C=O) groups is 3. The van der Waals surface area contributed by atoms with Gasteiger partial charge in [-0.1, -0.05) is 72.8 Å². The molecular formula is C26H22F3N3O3. The Labute approximate surface area is 199 Å². The molecule has 0 radical (unpaired) electrons. The smallest absolute Gasteiger partial charge is 0.346 e. The summed E-state index contributed by atoms with van der Waals surface area (Å²) in [6.07, 6.45) is -4.64. The molecule has 3 aromatic rings. The molecule has 0 spiro atoms. The zero-order valence-corrected chi connectivity index (χ0v) is 18.7. The van der Waals surface area contributed by atoms with Crippen LogP contribution in [0.3, 0.4) is 0 Å². The van der Waals surface area contributed by atoms with E-state index in [9.17, 15) is 27.6 Å². The molecule has 35 heavy (non-hydrogen) atoms. The number of fused-ring (bicyclic) bond motifs is 3. The van der Waals surface area contributed by atoms with Crippen LogP contribution in [0, 0.1) is 0 Å². The molecule has 0 aliphatic carbocycles. The van der Waals surface area contributed by atoms with Crippen molar-refractivity contribution < 1.29 is 27.6 Å². The van der Waals surface area contributed by atoms with Gasteiger partial charge in [0.25, 0.3) is 5.91 Å². The van der Waals surface area contributed by atoms with Gasteiger partial charge in [-0.3, -0.25) is 14.4 Å². The summed E-state index contributed by atoms with van der Waals surface area (Å²) in [4.78, 5) is 41.0. The Morgan fingerprint density at radius 2 is 1.49 bits per heavy atom. The van der Waals surface area contributed by atoms with E-state index in [0.717, 1.165) is 11.1 Å². The van der Waals surface area contributed by atoms with Crippen LogP contribution in [0.25, 0.3) is 11.1 Å². The Bertz CT molecular complexity index is 1260. The van der Waals surface area contributed by atoms with Crippen molar-refractivity contribution in [2.45, 2.75) is 18.1 Å². The standard InChI is InChI=1S/C26H22F3N3O3/c1-32-20-14-8-7-12-18(20)17-11-5-6-13-19(17)22(25(32)35)31-24(34)21(16-9-3-2-4-10-16)23(33)30-15-26(27,28)29/h2-14,21-22H,15H2,1H3,(H,30,33)(H,31,34)/t21-,22-/m0/s1. The van der Waals surface area contributed by atoms with Crippen molar-refractivity contribution in [3.05, 3.63) is 90.0 Å². The normalized spacial score (nSPS) is 15.9. The number of likely N-dealkylation sites (N-methyl/N-ethyl adjacent to an activating group) is 1. The molecule has 3 aromatic carbocycles. The van der Waals surface area contributed by atoms with Crippen molar-refractivity contribution in [2.24, 2.45) is 0 Å². The van der Waals surface area contributed by atoms with Gasteiger partial charge >= 0.3 is 6.18 Å². The van der Waals surface area contributed by atoms with E-state index < -0.39 is 42.4 Å². The summed E-state index contributed by atoms with van der Waals surface area (Å²) < 4.78 is 38.2. The van der Waals surface area contributed by atoms with E-state index in [0.29, 0.717) is 11.3 Å². The van der Waals surface area contributed by atoms with Crippen LogP contribution >= 0.6 is 0 Å². The molecule has 2 atom stereocenters. The van der Waals surface area contributed by atoms with Crippen LogP contribution in [0.1, 0.15) is 23.1 Å². The van der Waals surface area contributed by atoms with E-state index in [4.69, 9.17) is 0 Å². The molecule has 1 aliphatic heterocycles. The lowest BCUT2D eigenvalue weighted by atomic mass is 9.93. The summed E-state index contributed by atoms with van der Waals surface area (Å²) >= 11 is 0. The molecule has 0 unspecified atom stereocenters. The molecule has 1 heterocycles. The highest BCUT2D eigenvalue weighted by atomic mass is 19.4. The van der Waals surface area contributed by atoms with Gasteiger partial charge in [-0.05, 0) is 22.8 Å². The third kappa shape index (κ3) is 5.03. The summed E-state index contributed by atoms with van der Waals surface area (Å²) in [5, 5.41) is 4.42. The Morgan fingerprint density at radius 3 is 2.17 bits per heavy atom. The largest absolute Gasteiger partial charge is 0.405 e. The zero-order valence-electron chi connectivity index (χ0n) is 18.7. The number of benzene rings is 3. The van der Waals surface area contributed by atoms with E-state index in [1.165, 1.54) is 17.0 Å². The Kier molecular flexibility index (Phi) is 6.59. The van der Waals surface area contributed by atoms with Gasteiger partial charge in [-0.25, -0.2) is 0 Å². The number of hydrogen-bond donors (Lipinski definition) is 2. The lowest BCUT2D eigenvalue weighted by molar-refractivity contribution is -0.142. The second-order valence-electron chi connectivity index (χ2n) is 8.12. The monoisotopic (exact) mass is 481 g/mol. The van der Waals surface area contributed by atoms with Crippen LogP contribution < -0.4 is 15.5 Å². The first-order valence-electron chi connectivity index (χ1n) is 10.8. The quantitative estimate of drug-likeness (QED) is 0.542. The third-order valence-electron chi connectivity index (χ3n) is 5.81. The molecule has 2 N–H and O–H groups in total. The predicted octanol–water partition coefficient (Wildman–Crippen LogP) is 3.95. The highest BCUT2D eigenvalue weighted by Crippen LogP contribution is 2.39. The number of halogens is 3. The van der Waals surface area contributed by atoms with Crippen molar-refractivity contribution in [3.8, 4) is 11.1 Å². The van der Waals surface area contributed by atoms with Gasteiger partial charge in [0, 0.05) is 12.6 Å². The summed E-state index contributed by atoms with van der Waals surface area (Å²) in [5.74, 6) is -4.03. The van der Waals surface area contributed by atoms with Crippen LogP contribution in [-0.4, -0.2) is 37.5 Å². The van der Waals surface area contributed by atoms with E-state index in [-0.39, 0.29) is 5.56 Å². The Hall–Kier alpha value is -4.14. The zero-order chi connectivity index (χ0) is 25.2. The molecular weight excluding hydrogens is 459 g/mol. The fourth-order valence-corrected chi connectivity index (χ4v) is 4.16. The predicted molar refractivity (Wildman–Crippen MR) is 124 cm³/mol. The number of hydrogen-bond acceptors (Lipinski definition) is 3. The molecule has 0 saturated heterocycles. The summed E-state index contributed by atoms with van der Waals surface area (Å²) in [5.41, 5.74) is 2.88. The van der Waals surface area contributed by atoms with Gasteiger partial charge in [0.1, 0.15) is 18.5 Å². The maximum atomic E-state index is 13.5. The fraction of sp³-hybridized carbons (Fsp3) is 0.192. The number of para-hydroxylation sites is 1. The maximum Gasteiger partial charge on any atom is 0.405 e.